The van der Waals surface area contributed by atoms with Crippen LogP contribution in [0.1, 0.15) is 29.2 Å². The molecule has 0 aromatic carbocycles. The molecule has 0 spiro atoms. The first-order chi connectivity index (χ1) is 9.59. The molecule has 0 unspecified atom stereocenters. The Morgan fingerprint density at radius 3 is 2.75 bits per heavy atom. The maximum atomic E-state index is 11.1. The average Bonchev–Trinajstić information content (AvgIpc) is 2.78. The fourth-order valence-electron chi connectivity index (χ4n) is 2.36. The van der Waals surface area contributed by atoms with E-state index in [0.717, 1.165) is 12.8 Å². The molecule has 1 aliphatic rings. The van der Waals surface area contributed by atoms with E-state index in [9.17, 15) is 4.79 Å². The summed E-state index contributed by atoms with van der Waals surface area (Å²) in [6, 6.07) is 0.137. The molecule has 0 bridgehead atoms. The number of carboxylic acids is 1. The molecule has 2 aromatic rings. The van der Waals surface area contributed by atoms with E-state index in [1.165, 1.54) is 6.20 Å². The lowest BCUT2D eigenvalue weighted by molar-refractivity contribution is 0.0673. The number of aromatic nitrogens is 3. The Labute approximate surface area is 124 Å². The van der Waals surface area contributed by atoms with Crippen LogP contribution in [0, 0.1) is 0 Å². The molecule has 1 aliphatic heterocycles. The van der Waals surface area contributed by atoms with Crippen molar-refractivity contribution in [3.05, 3.63) is 21.9 Å². The zero-order valence-corrected chi connectivity index (χ0v) is 11.9. The number of pyridine rings is 1. The minimum atomic E-state index is -1.14. The summed E-state index contributed by atoms with van der Waals surface area (Å²) in [7, 11) is 0. The molecule has 0 amide bonds. The van der Waals surface area contributed by atoms with Crippen molar-refractivity contribution >= 4 is 40.2 Å². The molecule has 0 aliphatic carbocycles. The number of nitrogens with zero attached hydrogens (tertiary/aromatic N) is 3. The third-order valence-corrected chi connectivity index (χ3v) is 4.04. The third kappa shape index (κ3) is 2.13. The van der Waals surface area contributed by atoms with Crippen LogP contribution in [0.15, 0.2) is 6.20 Å². The fraction of sp³-hybridized carbons (Fsp3) is 0.417. The van der Waals surface area contributed by atoms with Crippen LogP contribution in [0.4, 0.5) is 0 Å². The van der Waals surface area contributed by atoms with E-state index in [4.69, 9.17) is 33.0 Å². The van der Waals surface area contributed by atoms with Crippen LogP contribution in [0.2, 0.25) is 10.2 Å². The molecular formula is C12H11Cl2N3O3. The molecular weight excluding hydrogens is 305 g/mol. The van der Waals surface area contributed by atoms with Gasteiger partial charge in [-0.2, -0.15) is 5.10 Å². The molecule has 0 radical (unpaired) electrons. The SMILES string of the molecule is O=C(O)c1cnc2c(c(Cl)nn2C2CCOCC2)c1Cl. The molecule has 2 aromatic heterocycles. The van der Waals surface area contributed by atoms with E-state index in [1.54, 1.807) is 4.68 Å². The predicted octanol–water partition coefficient (Wildman–Crippen LogP) is 2.79. The molecule has 1 fully saturated rings. The number of hydrogen-bond acceptors (Lipinski definition) is 4. The van der Waals surface area contributed by atoms with Crippen molar-refractivity contribution in [1.82, 2.24) is 14.8 Å². The molecule has 0 atom stereocenters. The second-order valence-corrected chi connectivity index (χ2v) is 5.30. The molecule has 106 valence electrons. The summed E-state index contributed by atoms with van der Waals surface area (Å²) in [6.45, 7) is 1.31. The van der Waals surface area contributed by atoms with Gasteiger partial charge in [0.1, 0.15) is 0 Å². The minimum absolute atomic E-state index is 0.0748. The maximum Gasteiger partial charge on any atom is 0.338 e. The summed E-state index contributed by atoms with van der Waals surface area (Å²) < 4.78 is 7.04. The number of fused-ring (bicyclic) bond motifs is 1. The number of ether oxygens (including phenoxy) is 1. The highest BCUT2D eigenvalue weighted by Gasteiger charge is 2.24. The van der Waals surface area contributed by atoms with Gasteiger partial charge in [-0.1, -0.05) is 23.2 Å². The Morgan fingerprint density at radius 1 is 1.40 bits per heavy atom. The molecule has 8 heteroatoms. The van der Waals surface area contributed by atoms with Crippen molar-refractivity contribution in [2.24, 2.45) is 0 Å². The largest absolute Gasteiger partial charge is 0.478 e. The van der Waals surface area contributed by atoms with Crippen molar-refractivity contribution in [1.29, 1.82) is 0 Å². The number of carbonyl (C=O) groups is 1. The van der Waals surface area contributed by atoms with Crippen LogP contribution in [0.3, 0.4) is 0 Å². The van der Waals surface area contributed by atoms with Crippen LogP contribution in [-0.2, 0) is 4.74 Å². The second kappa shape index (κ2) is 5.20. The predicted molar refractivity (Wildman–Crippen MR) is 73.6 cm³/mol. The van der Waals surface area contributed by atoms with E-state index in [0.29, 0.717) is 24.2 Å². The molecule has 0 saturated carbocycles. The normalized spacial score (nSPS) is 16.7. The summed E-state index contributed by atoms with van der Waals surface area (Å²) >= 11 is 12.2. The molecule has 20 heavy (non-hydrogen) atoms. The topological polar surface area (TPSA) is 77.2 Å². The van der Waals surface area contributed by atoms with E-state index in [1.807, 2.05) is 0 Å². The molecule has 3 rings (SSSR count). The van der Waals surface area contributed by atoms with Gasteiger partial charge in [-0.3, -0.25) is 0 Å². The molecule has 1 saturated heterocycles. The monoisotopic (exact) mass is 315 g/mol. The summed E-state index contributed by atoms with van der Waals surface area (Å²) in [6.07, 6.45) is 2.86. The van der Waals surface area contributed by atoms with E-state index in [-0.39, 0.29) is 21.8 Å². The fourth-order valence-corrected chi connectivity index (χ4v) is 2.97. The first-order valence-corrected chi connectivity index (χ1v) is 6.88. The van der Waals surface area contributed by atoms with Gasteiger partial charge < -0.3 is 9.84 Å². The van der Waals surface area contributed by atoms with Crippen LogP contribution in [-0.4, -0.2) is 39.1 Å². The average molecular weight is 316 g/mol. The van der Waals surface area contributed by atoms with Gasteiger partial charge in [-0.15, -0.1) is 0 Å². The van der Waals surface area contributed by atoms with Gasteiger partial charge in [0.15, 0.2) is 10.8 Å². The van der Waals surface area contributed by atoms with Gasteiger partial charge >= 0.3 is 5.97 Å². The summed E-state index contributed by atoms with van der Waals surface area (Å²) in [5, 5.41) is 14.0. The van der Waals surface area contributed by atoms with Crippen molar-refractivity contribution in [2.45, 2.75) is 18.9 Å². The summed E-state index contributed by atoms with van der Waals surface area (Å²) in [5.41, 5.74) is 0.435. The quantitative estimate of drug-likeness (QED) is 0.922. The standard InChI is InChI=1S/C12H11Cl2N3O3/c13-9-7(12(18)19)5-15-11-8(9)10(14)16-17(11)6-1-3-20-4-2-6/h5-6H,1-4H2,(H,18,19). The first-order valence-electron chi connectivity index (χ1n) is 6.13. The highest BCUT2D eigenvalue weighted by Crippen LogP contribution is 2.34. The maximum absolute atomic E-state index is 11.1. The lowest BCUT2D eigenvalue weighted by Gasteiger charge is -2.22. The van der Waals surface area contributed by atoms with E-state index >= 15 is 0 Å². The van der Waals surface area contributed by atoms with Gasteiger partial charge in [0.05, 0.1) is 22.0 Å². The lowest BCUT2D eigenvalue weighted by Crippen LogP contribution is -2.20. The van der Waals surface area contributed by atoms with Gasteiger partial charge in [0.25, 0.3) is 0 Å². The number of hydrogen-bond donors (Lipinski definition) is 1. The number of rotatable bonds is 2. The van der Waals surface area contributed by atoms with Crippen LogP contribution < -0.4 is 0 Å². The van der Waals surface area contributed by atoms with Gasteiger partial charge in [-0.05, 0) is 12.8 Å². The highest BCUT2D eigenvalue weighted by molar-refractivity contribution is 6.43. The molecule has 1 N–H and O–H groups in total. The minimum Gasteiger partial charge on any atom is -0.478 e. The Hall–Kier alpha value is -1.37. The smallest absolute Gasteiger partial charge is 0.338 e. The zero-order valence-electron chi connectivity index (χ0n) is 10.3. The molecule has 6 nitrogen and oxygen atoms in total. The van der Waals surface area contributed by atoms with Crippen molar-refractivity contribution < 1.29 is 14.6 Å². The van der Waals surface area contributed by atoms with Gasteiger partial charge in [0, 0.05) is 19.4 Å². The van der Waals surface area contributed by atoms with Crippen LogP contribution in [0.5, 0.6) is 0 Å². The van der Waals surface area contributed by atoms with Gasteiger partial charge in [0.2, 0.25) is 0 Å². The van der Waals surface area contributed by atoms with E-state index < -0.39 is 5.97 Å². The lowest BCUT2D eigenvalue weighted by atomic mass is 10.1. The second-order valence-electron chi connectivity index (χ2n) is 4.57. The number of aromatic carboxylic acids is 1. The van der Waals surface area contributed by atoms with Crippen molar-refractivity contribution in [2.75, 3.05) is 13.2 Å². The Balaban J connectivity index is 2.16. The first kappa shape index (κ1) is 13.6. The summed E-state index contributed by atoms with van der Waals surface area (Å²) in [4.78, 5) is 15.2. The van der Waals surface area contributed by atoms with Crippen LogP contribution >= 0.6 is 23.2 Å². The van der Waals surface area contributed by atoms with Crippen molar-refractivity contribution in [3.63, 3.8) is 0 Å². The Kier molecular flexibility index (Phi) is 3.54. The summed E-state index contributed by atoms with van der Waals surface area (Å²) in [5.74, 6) is -1.14. The Bertz CT molecular complexity index is 680. The number of carboxylic acid groups (broad SMARTS) is 1. The highest BCUT2D eigenvalue weighted by atomic mass is 35.5. The van der Waals surface area contributed by atoms with Crippen LogP contribution in [0.25, 0.3) is 11.0 Å². The molecule has 3 heterocycles. The van der Waals surface area contributed by atoms with E-state index in [2.05, 4.69) is 10.1 Å². The third-order valence-electron chi connectivity index (χ3n) is 3.38. The zero-order chi connectivity index (χ0) is 14.3. The Morgan fingerprint density at radius 2 is 2.10 bits per heavy atom. The van der Waals surface area contributed by atoms with Crippen molar-refractivity contribution in [3.8, 4) is 0 Å². The number of halogens is 2. The van der Waals surface area contributed by atoms with Gasteiger partial charge in [-0.25, -0.2) is 14.5 Å².